The van der Waals surface area contributed by atoms with Crippen LogP contribution < -0.4 is 15.6 Å². The molecule has 5 heterocycles. The quantitative estimate of drug-likeness (QED) is 0.130. The van der Waals surface area contributed by atoms with E-state index in [4.69, 9.17) is 11.6 Å². The molecule has 3 atom stereocenters. The molecule has 338 valence electrons. The van der Waals surface area contributed by atoms with Crippen molar-refractivity contribution in [1.82, 2.24) is 49.4 Å². The van der Waals surface area contributed by atoms with Crippen molar-refractivity contribution in [2.24, 2.45) is 13.0 Å². The minimum absolute atomic E-state index is 0.0390. The number of benzene rings is 2. The van der Waals surface area contributed by atoms with Gasteiger partial charge in [-0.15, -0.1) is 0 Å². The molecule has 0 radical (unpaired) electrons. The van der Waals surface area contributed by atoms with Gasteiger partial charge in [0.1, 0.15) is 53.0 Å². The Balaban J connectivity index is 1.27. The van der Waals surface area contributed by atoms with Gasteiger partial charge in [-0.1, -0.05) is 11.6 Å². The van der Waals surface area contributed by atoms with Crippen LogP contribution in [-0.2, 0) is 46.9 Å². The summed E-state index contributed by atoms with van der Waals surface area (Å²) in [5.41, 5.74) is -6.61. The summed E-state index contributed by atoms with van der Waals surface area (Å²) in [6.45, 7) is -1.11. The zero-order valence-corrected chi connectivity index (χ0v) is 34.5. The zero-order chi connectivity index (χ0) is 46.7. The van der Waals surface area contributed by atoms with Gasteiger partial charge in [-0.3, -0.25) is 28.2 Å². The molecule has 1 saturated carbocycles. The van der Waals surface area contributed by atoms with Crippen molar-refractivity contribution in [1.29, 1.82) is 0 Å². The summed E-state index contributed by atoms with van der Waals surface area (Å²) in [7, 11) is -2.65. The molecule has 2 aliphatic rings. The molecule has 26 heteroatoms. The lowest BCUT2D eigenvalue weighted by Gasteiger charge is -2.24. The van der Waals surface area contributed by atoms with Gasteiger partial charge in [0.05, 0.1) is 45.0 Å². The molecule has 2 N–H and O–H groups in total. The number of amides is 1. The number of carbonyl (C=O) groups excluding carboxylic acids is 1. The maximum Gasteiger partial charge on any atom is 0.420 e. The van der Waals surface area contributed by atoms with E-state index in [1.807, 2.05) is 0 Å². The number of alkyl halides is 7. The normalized spacial score (nSPS) is 17.1. The highest BCUT2D eigenvalue weighted by Gasteiger charge is 2.67. The number of fused-ring (bicyclic) bond motifs is 5. The Labute approximate surface area is 363 Å². The standard InChI is InChI=1S/C39H27ClF9N11O4S/c1-58-31-25(6-4-22(40)28(31)35(56-58)57-65(2,63)64)60-36(54-34-18(37(60)62)3-5-23(53-34)29-21(39(47,48)49)12-50-14-51-29)24(9-15-7-16(41)10-17(42)8-15)52-26(61)13-59-32-27(30(55-59)33(43)44)19-11-20(19)38(32,45)46/h3-8,10,12,14,19-20,24,33H,9,11,13H2,1-2H3,(H,52,61)(H,56,57)/t19-,20+,24-/m0/s1. The van der Waals surface area contributed by atoms with Crippen LogP contribution in [0.1, 0.15) is 58.7 Å². The Hall–Kier alpha value is -6.63. The summed E-state index contributed by atoms with van der Waals surface area (Å²) >= 11 is 6.57. The zero-order valence-electron chi connectivity index (χ0n) is 33.0. The van der Waals surface area contributed by atoms with Crippen LogP contribution in [0.4, 0.5) is 45.3 Å². The lowest BCUT2D eigenvalue weighted by Crippen LogP contribution is -2.38. The van der Waals surface area contributed by atoms with Crippen LogP contribution in [0.2, 0.25) is 5.02 Å². The number of nitrogens with one attached hydrogen (secondary N) is 2. The second kappa shape index (κ2) is 15.2. The first-order chi connectivity index (χ1) is 30.5. The molecule has 2 aliphatic carbocycles. The van der Waals surface area contributed by atoms with Gasteiger partial charge in [-0.05, 0) is 54.3 Å². The smallest absolute Gasteiger partial charge is 0.344 e. The molecule has 0 spiro atoms. The summed E-state index contributed by atoms with van der Waals surface area (Å²) < 4.78 is 161. The molecule has 15 nitrogen and oxygen atoms in total. The molecule has 2 aromatic carbocycles. The van der Waals surface area contributed by atoms with Crippen molar-refractivity contribution >= 4 is 55.3 Å². The number of rotatable bonds is 11. The van der Waals surface area contributed by atoms with Crippen LogP contribution in [0.15, 0.2) is 59.8 Å². The number of halogens is 10. The first kappa shape index (κ1) is 43.6. The Morgan fingerprint density at radius 2 is 1.77 bits per heavy atom. The van der Waals surface area contributed by atoms with Crippen LogP contribution in [0, 0.1) is 17.6 Å². The van der Waals surface area contributed by atoms with E-state index < -0.39 is 122 Å². The molecule has 7 aromatic rings. The monoisotopic (exact) mass is 951 g/mol. The van der Waals surface area contributed by atoms with Crippen LogP contribution in [0.25, 0.3) is 39.0 Å². The van der Waals surface area contributed by atoms with Gasteiger partial charge in [-0.25, -0.2) is 45.9 Å². The number of aromatic nitrogens is 9. The maximum absolute atomic E-state index is 15.5. The third kappa shape index (κ3) is 7.68. The van der Waals surface area contributed by atoms with Gasteiger partial charge < -0.3 is 5.32 Å². The van der Waals surface area contributed by atoms with Crippen LogP contribution >= 0.6 is 11.6 Å². The second-order valence-corrected chi connectivity index (χ2v) is 17.5. The molecular formula is C39H27ClF9N11O4S. The highest BCUT2D eigenvalue weighted by atomic mass is 35.5. The number of nitrogens with zero attached hydrogens (tertiary/aromatic N) is 9. The number of anilines is 1. The highest BCUT2D eigenvalue weighted by Crippen LogP contribution is 2.68. The van der Waals surface area contributed by atoms with E-state index in [-0.39, 0.29) is 50.4 Å². The van der Waals surface area contributed by atoms with E-state index in [9.17, 15) is 48.7 Å². The van der Waals surface area contributed by atoms with Crippen molar-refractivity contribution in [3.8, 4) is 17.1 Å². The highest BCUT2D eigenvalue weighted by molar-refractivity contribution is 7.92. The maximum atomic E-state index is 15.5. The summed E-state index contributed by atoms with van der Waals surface area (Å²) in [4.78, 5) is 45.0. The third-order valence-electron chi connectivity index (χ3n) is 10.9. The topological polar surface area (TPSA) is 184 Å². The van der Waals surface area contributed by atoms with Crippen molar-refractivity contribution in [3.63, 3.8) is 0 Å². The minimum atomic E-state index is -4.98. The summed E-state index contributed by atoms with van der Waals surface area (Å²) in [5.74, 6) is -10.0. The van der Waals surface area contributed by atoms with Crippen LogP contribution in [0.3, 0.4) is 0 Å². The molecule has 0 unspecified atom stereocenters. The van der Waals surface area contributed by atoms with E-state index in [0.29, 0.717) is 16.9 Å². The second-order valence-electron chi connectivity index (χ2n) is 15.4. The average molecular weight is 952 g/mol. The first-order valence-electron chi connectivity index (χ1n) is 19.0. The Morgan fingerprint density at radius 3 is 2.45 bits per heavy atom. The van der Waals surface area contributed by atoms with Crippen molar-refractivity contribution < 1.29 is 52.7 Å². The molecule has 5 aromatic heterocycles. The van der Waals surface area contributed by atoms with Crippen LogP contribution in [-0.4, -0.2) is 64.6 Å². The van der Waals surface area contributed by atoms with Gasteiger partial charge in [0, 0.05) is 37.2 Å². The van der Waals surface area contributed by atoms with E-state index >= 15 is 8.78 Å². The SMILES string of the molecule is Cn1nc(NS(C)(=O)=O)c2c(Cl)ccc(-n3c([C@H](Cc4cc(F)cc(F)c4)NC(=O)Cn4nc(C(F)F)c5c4C(F)(F)[C@@H]4C[C@H]54)nc4nc(-c5ncncc5C(F)(F)F)ccc4c3=O)c21. The average Bonchev–Trinajstić information content (AvgIpc) is 3.75. The van der Waals surface area contributed by atoms with E-state index in [2.05, 4.69) is 40.2 Å². The number of sulfonamides is 1. The minimum Gasteiger partial charge on any atom is -0.344 e. The van der Waals surface area contributed by atoms with Gasteiger partial charge in [0.15, 0.2) is 11.5 Å². The third-order valence-corrected chi connectivity index (χ3v) is 11.8. The Kier molecular flexibility index (Phi) is 10.2. The lowest BCUT2D eigenvalue weighted by molar-refractivity contribution is -0.137. The fourth-order valence-electron chi connectivity index (χ4n) is 8.33. The van der Waals surface area contributed by atoms with Gasteiger partial charge in [0.2, 0.25) is 15.9 Å². The molecule has 1 fully saturated rings. The molecule has 9 rings (SSSR count). The molecule has 65 heavy (non-hydrogen) atoms. The van der Waals surface area contributed by atoms with Gasteiger partial charge in [0.25, 0.3) is 17.9 Å². The molecule has 0 aliphatic heterocycles. The molecule has 0 saturated heterocycles. The fourth-order valence-corrected chi connectivity index (χ4v) is 9.07. The van der Waals surface area contributed by atoms with Crippen molar-refractivity contribution in [3.05, 3.63) is 116 Å². The van der Waals surface area contributed by atoms with Gasteiger partial charge >= 0.3 is 6.18 Å². The number of aryl methyl sites for hydroxylation is 1. The predicted octanol–water partition coefficient (Wildman–Crippen LogP) is 6.89. The summed E-state index contributed by atoms with van der Waals surface area (Å²) in [5, 5.41) is 9.91. The first-order valence-corrected chi connectivity index (χ1v) is 21.2. The number of hydrogen-bond acceptors (Lipinski definition) is 10. The fraction of sp³-hybridized carbons (Fsp3) is 0.282. The van der Waals surface area contributed by atoms with Gasteiger partial charge in [-0.2, -0.15) is 32.1 Å². The number of pyridine rings is 1. The largest absolute Gasteiger partial charge is 0.420 e. The molecule has 0 bridgehead atoms. The van der Waals surface area contributed by atoms with Crippen molar-refractivity contribution in [2.75, 3.05) is 11.0 Å². The van der Waals surface area contributed by atoms with Crippen molar-refractivity contribution in [2.45, 2.75) is 49.9 Å². The number of carbonyl (C=O) groups is 1. The Morgan fingerprint density at radius 1 is 1.05 bits per heavy atom. The predicted molar refractivity (Wildman–Crippen MR) is 212 cm³/mol. The Bertz CT molecular complexity index is 3300. The molecular weight excluding hydrogens is 925 g/mol. The summed E-state index contributed by atoms with van der Waals surface area (Å²) in [6, 6.07) is 5.17. The van der Waals surface area contributed by atoms with E-state index in [0.717, 1.165) is 46.1 Å². The number of hydrogen-bond donors (Lipinski definition) is 2. The summed E-state index contributed by atoms with van der Waals surface area (Å²) in [6.07, 6.45) is -6.82. The lowest BCUT2D eigenvalue weighted by atomic mass is 10.0. The van der Waals surface area contributed by atoms with E-state index in [1.54, 1.807) is 0 Å². The van der Waals surface area contributed by atoms with Crippen LogP contribution in [0.5, 0.6) is 0 Å². The molecule has 1 amide bonds. The van der Waals surface area contributed by atoms with E-state index in [1.165, 1.54) is 19.2 Å².